The summed E-state index contributed by atoms with van der Waals surface area (Å²) < 4.78 is 12.0. The van der Waals surface area contributed by atoms with Crippen molar-refractivity contribution in [1.29, 1.82) is 0 Å². The zero-order valence-corrected chi connectivity index (χ0v) is 19.8. The molecule has 1 saturated heterocycles. The summed E-state index contributed by atoms with van der Waals surface area (Å²) in [5.41, 5.74) is -0.188. The molecule has 0 aromatic carbocycles. The lowest BCUT2D eigenvalue weighted by atomic mass is 10.0. The maximum Gasteiger partial charge on any atom is 0.410 e. The average molecular weight is 470 g/mol. The largest absolute Gasteiger partial charge is 0.444 e. The number of ether oxygens (including phenoxy) is 2. The highest BCUT2D eigenvalue weighted by molar-refractivity contribution is 9.10. The van der Waals surface area contributed by atoms with Gasteiger partial charge in [0.05, 0.1) is 6.54 Å². The average Bonchev–Trinajstić information content (AvgIpc) is 2.57. The van der Waals surface area contributed by atoms with Gasteiger partial charge in [0, 0.05) is 36.0 Å². The fourth-order valence-electron chi connectivity index (χ4n) is 3.09. The van der Waals surface area contributed by atoms with E-state index in [0.29, 0.717) is 32.5 Å². The van der Waals surface area contributed by atoms with Crippen LogP contribution in [0.5, 0.6) is 0 Å². The highest BCUT2D eigenvalue weighted by atomic mass is 79.9. The van der Waals surface area contributed by atoms with Crippen LogP contribution < -0.4 is 0 Å². The maximum atomic E-state index is 12.9. The van der Waals surface area contributed by atoms with Gasteiger partial charge >= 0.3 is 12.2 Å². The number of aromatic nitrogens is 1. The molecule has 0 atom stereocenters. The fraction of sp³-hybridized carbons (Fsp3) is 0.667. The first-order valence-electron chi connectivity index (χ1n) is 9.91. The van der Waals surface area contributed by atoms with Gasteiger partial charge in [-0.05, 0) is 81.9 Å². The summed E-state index contributed by atoms with van der Waals surface area (Å²) in [5, 5.41) is 0. The second-order valence-electron chi connectivity index (χ2n) is 9.32. The number of hydrogen-bond donors (Lipinski definition) is 0. The van der Waals surface area contributed by atoms with E-state index in [2.05, 4.69) is 20.9 Å². The predicted molar refractivity (Wildman–Crippen MR) is 115 cm³/mol. The molecule has 0 spiro atoms. The van der Waals surface area contributed by atoms with Gasteiger partial charge in [-0.2, -0.15) is 0 Å². The molecule has 2 amide bonds. The maximum absolute atomic E-state index is 12.9. The molecule has 1 aliphatic rings. The Morgan fingerprint density at radius 3 is 2.21 bits per heavy atom. The van der Waals surface area contributed by atoms with E-state index in [4.69, 9.17) is 9.47 Å². The Balaban J connectivity index is 2.09. The molecule has 2 heterocycles. The SMILES string of the molecule is CC(C)(C)OC(=O)N1CCC(N(Cc2cncc(Br)c2)C(=O)OC(C)(C)C)CC1. The Morgan fingerprint density at radius 2 is 1.69 bits per heavy atom. The number of nitrogens with zero attached hydrogens (tertiary/aromatic N) is 3. The van der Waals surface area contributed by atoms with Crippen LogP contribution in [0.1, 0.15) is 59.9 Å². The third-order valence-electron chi connectivity index (χ3n) is 4.30. The summed E-state index contributed by atoms with van der Waals surface area (Å²) in [6, 6.07) is 1.92. The fourth-order valence-corrected chi connectivity index (χ4v) is 3.50. The van der Waals surface area contributed by atoms with Gasteiger partial charge in [-0.25, -0.2) is 9.59 Å². The van der Waals surface area contributed by atoms with Crippen LogP contribution >= 0.6 is 15.9 Å². The van der Waals surface area contributed by atoms with Gasteiger partial charge < -0.3 is 19.3 Å². The first-order valence-corrected chi connectivity index (χ1v) is 10.7. The van der Waals surface area contributed by atoms with E-state index in [1.54, 1.807) is 22.2 Å². The minimum absolute atomic E-state index is 0.0254. The van der Waals surface area contributed by atoms with Gasteiger partial charge in [0.25, 0.3) is 0 Å². The molecule has 8 heteroatoms. The summed E-state index contributed by atoms with van der Waals surface area (Å²) in [7, 11) is 0. The van der Waals surface area contributed by atoms with E-state index in [1.807, 2.05) is 47.6 Å². The van der Waals surface area contributed by atoms with Crippen LogP contribution in [0, 0.1) is 0 Å². The van der Waals surface area contributed by atoms with Crippen LogP contribution in [0.4, 0.5) is 9.59 Å². The Bertz CT molecular complexity index is 719. The molecule has 29 heavy (non-hydrogen) atoms. The van der Waals surface area contributed by atoms with E-state index >= 15 is 0 Å². The van der Waals surface area contributed by atoms with Crippen molar-refractivity contribution in [3.05, 3.63) is 28.5 Å². The summed E-state index contributed by atoms with van der Waals surface area (Å²) in [4.78, 5) is 32.9. The second kappa shape index (κ2) is 9.32. The normalized spacial score (nSPS) is 15.8. The molecule has 0 aliphatic carbocycles. The lowest BCUT2D eigenvalue weighted by Crippen LogP contribution is -2.50. The van der Waals surface area contributed by atoms with Crippen molar-refractivity contribution in [3.63, 3.8) is 0 Å². The standard InChI is InChI=1S/C21H32BrN3O4/c1-20(2,3)28-18(26)24-9-7-17(8-10-24)25(19(27)29-21(4,5)6)14-15-11-16(22)13-23-12-15/h11-13,17H,7-10,14H2,1-6H3. The monoisotopic (exact) mass is 469 g/mol. The van der Waals surface area contributed by atoms with Crippen LogP contribution in [0.3, 0.4) is 0 Å². The third kappa shape index (κ3) is 7.84. The van der Waals surface area contributed by atoms with Crippen molar-refractivity contribution >= 4 is 28.1 Å². The van der Waals surface area contributed by atoms with Gasteiger partial charge in [0.1, 0.15) is 11.2 Å². The number of amides is 2. The van der Waals surface area contributed by atoms with Gasteiger partial charge in [-0.15, -0.1) is 0 Å². The molecule has 0 unspecified atom stereocenters. The molecule has 0 N–H and O–H groups in total. The molecule has 0 saturated carbocycles. The number of pyridine rings is 1. The number of carbonyl (C=O) groups excluding carboxylic acids is 2. The Hall–Kier alpha value is -1.83. The van der Waals surface area contributed by atoms with E-state index in [9.17, 15) is 9.59 Å². The Kier molecular flexibility index (Phi) is 7.54. The molecular formula is C21H32BrN3O4. The summed E-state index contributed by atoms with van der Waals surface area (Å²) in [6.45, 7) is 12.6. The topological polar surface area (TPSA) is 72.0 Å². The van der Waals surface area contributed by atoms with Crippen molar-refractivity contribution in [3.8, 4) is 0 Å². The van der Waals surface area contributed by atoms with Crippen LogP contribution in [-0.4, -0.2) is 57.3 Å². The first-order chi connectivity index (χ1) is 13.3. The lowest BCUT2D eigenvalue weighted by Gasteiger charge is -2.39. The minimum atomic E-state index is -0.581. The van der Waals surface area contributed by atoms with Crippen LogP contribution in [0.2, 0.25) is 0 Å². The van der Waals surface area contributed by atoms with Crippen molar-refractivity contribution in [2.75, 3.05) is 13.1 Å². The highest BCUT2D eigenvalue weighted by Crippen LogP contribution is 2.24. The van der Waals surface area contributed by atoms with Crippen molar-refractivity contribution in [1.82, 2.24) is 14.8 Å². The molecule has 1 aliphatic heterocycles. The number of likely N-dealkylation sites (tertiary alicyclic amines) is 1. The first kappa shape index (κ1) is 23.4. The molecular weight excluding hydrogens is 438 g/mol. The Labute approximate surface area is 181 Å². The summed E-state index contributed by atoms with van der Waals surface area (Å²) in [5.74, 6) is 0. The molecule has 162 valence electrons. The van der Waals surface area contributed by atoms with Crippen molar-refractivity contribution in [2.24, 2.45) is 0 Å². The van der Waals surface area contributed by atoms with Gasteiger partial charge in [-0.3, -0.25) is 4.98 Å². The molecule has 1 fully saturated rings. The van der Waals surface area contributed by atoms with Gasteiger partial charge in [-0.1, -0.05) is 0 Å². The summed E-state index contributed by atoms with van der Waals surface area (Å²) in [6.07, 6.45) is 4.13. The van der Waals surface area contributed by atoms with E-state index < -0.39 is 11.2 Å². The van der Waals surface area contributed by atoms with Crippen LogP contribution in [0.25, 0.3) is 0 Å². The second-order valence-corrected chi connectivity index (χ2v) is 10.2. The Morgan fingerprint density at radius 1 is 1.10 bits per heavy atom. The highest BCUT2D eigenvalue weighted by Gasteiger charge is 2.33. The molecule has 1 aromatic rings. The zero-order valence-electron chi connectivity index (χ0n) is 18.2. The van der Waals surface area contributed by atoms with E-state index in [1.165, 1.54) is 0 Å². The van der Waals surface area contributed by atoms with Crippen LogP contribution in [0.15, 0.2) is 22.9 Å². The number of halogens is 1. The van der Waals surface area contributed by atoms with Crippen molar-refractivity contribution in [2.45, 2.75) is 78.2 Å². The van der Waals surface area contributed by atoms with Crippen LogP contribution in [-0.2, 0) is 16.0 Å². The number of piperidine rings is 1. The quantitative estimate of drug-likeness (QED) is 0.623. The predicted octanol–water partition coefficient (Wildman–Crippen LogP) is 4.98. The molecule has 1 aromatic heterocycles. The molecule has 2 rings (SSSR count). The molecule has 7 nitrogen and oxygen atoms in total. The number of carbonyl (C=O) groups is 2. The minimum Gasteiger partial charge on any atom is -0.444 e. The van der Waals surface area contributed by atoms with Gasteiger partial charge in [0.2, 0.25) is 0 Å². The number of hydrogen-bond acceptors (Lipinski definition) is 5. The van der Waals surface area contributed by atoms with E-state index in [-0.39, 0.29) is 18.2 Å². The number of rotatable bonds is 3. The molecule has 0 radical (unpaired) electrons. The van der Waals surface area contributed by atoms with Crippen molar-refractivity contribution < 1.29 is 19.1 Å². The van der Waals surface area contributed by atoms with Gasteiger partial charge in [0.15, 0.2) is 0 Å². The smallest absolute Gasteiger partial charge is 0.410 e. The molecule has 0 bridgehead atoms. The summed E-state index contributed by atoms with van der Waals surface area (Å²) >= 11 is 3.43. The zero-order chi connectivity index (χ0) is 21.8. The lowest BCUT2D eigenvalue weighted by molar-refractivity contribution is -0.00141. The third-order valence-corrected chi connectivity index (χ3v) is 4.73. The van der Waals surface area contributed by atoms with E-state index in [0.717, 1.165) is 10.0 Å².